The number of hydrogen-bond acceptors (Lipinski definition) is 1. The third kappa shape index (κ3) is 5.31. The van der Waals surface area contributed by atoms with Crippen molar-refractivity contribution in [1.82, 2.24) is 5.32 Å². The first kappa shape index (κ1) is 13.2. The van der Waals surface area contributed by atoms with Crippen LogP contribution in [0.4, 0.5) is 0 Å². The largest absolute Gasteiger partial charge is 0.352 e. The van der Waals surface area contributed by atoms with E-state index in [1.165, 1.54) is 0 Å². The van der Waals surface area contributed by atoms with Crippen LogP contribution in [0.3, 0.4) is 0 Å². The Kier molecular flexibility index (Phi) is 4.54. The maximum absolute atomic E-state index is 11.6. The summed E-state index contributed by atoms with van der Waals surface area (Å²) in [7, 11) is 0. The number of rotatable bonds is 3. The number of amides is 1. The van der Waals surface area contributed by atoms with Crippen molar-refractivity contribution in [2.75, 3.05) is 0 Å². The third-order valence-electron chi connectivity index (χ3n) is 2.07. The molecule has 1 rings (SSSR count). The zero-order valence-corrected chi connectivity index (χ0v) is 11.6. The molecule has 0 heterocycles. The number of hydrogen-bond donors (Lipinski definition) is 1. The fourth-order valence-corrected chi connectivity index (χ4v) is 1.84. The Bertz CT molecular complexity index is 368. The fraction of sp³-hybridized carbons (Fsp3) is 0.462. The molecule has 88 valence electrons. The lowest BCUT2D eigenvalue weighted by Crippen LogP contribution is -2.27. The predicted octanol–water partition coefficient (Wildman–Crippen LogP) is 3.50. The van der Waals surface area contributed by atoms with Crippen molar-refractivity contribution in [1.29, 1.82) is 0 Å². The lowest BCUT2D eigenvalue weighted by atomic mass is 9.92. The molecule has 0 aromatic heterocycles. The predicted molar refractivity (Wildman–Crippen MR) is 70.1 cm³/mol. The average molecular weight is 284 g/mol. The van der Waals surface area contributed by atoms with Crippen molar-refractivity contribution in [3.05, 3.63) is 34.3 Å². The first-order valence-corrected chi connectivity index (χ1v) is 6.17. The number of carbonyl (C=O) groups is 1. The van der Waals surface area contributed by atoms with E-state index in [2.05, 4.69) is 42.0 Å². The van der Waals surface area contributed by atoms with Gasteiger partial charge in [0, 0.05) is 17.4 Å². The van der Waals surface area contributed by atoms with Crippen LogP contribution in [0.2, 0.25) is 0 Å². The van der Waals surface area contributed by atoms with Crippen molar-refractivity contribution < 1.29 is 4.79 Å². The molecule has 0 atom stereocenters. The van der Waals surface area contributed by atoms with E-state index in [4.69, 9.17) is 0 Å². The van der Waals surface area contributed by atoms with Crippen molar-refractivity contribution in [3.8, 4) is 0 Å². The molecule has 0 spiro atoms. The molecule has 1 aromatic carbocycles. The lowest BCUT2D eigenvalue weighted by molar-refractivity contribution is -0.122. The Labute approximate surface area is 106 Å². The maximum atomic E-state index is 11.6. The van der Waals surface area contributed by atoms with E-state index < -0.39 is 0 Å². The van der Waals surface area contributed by atoms with E-state index in [0.717, 1.165) is 10.0 Å². The molecule has 1 N–H and O–H groups in total. The molecule has 1 amide bonds. The molecule has 3 heteroatoms. The van der Waals surface area contributed by atoms with Gasteiger partial charge in [0.1, 0.15) is 0 Å². The minimum atomic E-state index is 0.0430. The normalized spacial score (nSPS) is 11.2. The van der Waals surface area contributed by atoms with Crippen LogP contribution in [-0.2, 0) is 11.3 Å². The summed E-state index contributed by atoms with van der Waals surface area (Å²) in [6, 6.07) is 7.95. The van der Waals surface area contributed by atoms with Crippen LogP contribution in [0.5, 0.6) is 0 Å². The van der Waals surface area contributed by atoms with Gasteiger partial charge in [0.15, 0.2) is 0 Å². The maximum Gasteiger partial charge on any atom is 0.220 e. The monoisotopic (exact) mass is 283 g/mol. The summed E-state index contributed by atoms with van der Waals surface area (Å²) < 4.78 is 1.04. The van der Waals surface area contributed by atoms with E-state index in [1.54, 1.807) is 0 Å². The van der Waals surface area contributed by atoms with Crippen LogP contribution in [0, 0.1) is 5.41 Å². The van der Waals surface area contributed by atoms with Crippen LogP contribution < -0.4 is 5.32 Å². The van der Waals surface area contributed by atoms with Crippen LogP contribution in [0.1, 0.15) is 32.8 Å². The molecular weight excluding hydrogens is 266 g/mol. The molecule has 0 bridgehead atoms. The van der Waals surface area contributed by atoms with Gasteiger partial charge in [-0.3, -0.25) is 4.79 Å². The van der Waals surface area contributed by atoms with Gasteiger partial charge in [-0.2, -0.15) is 0 Å². The van der Waals surface area contributed by atoms with E-state index in [0.29, 0.717) is 13.0 Å². The fourth-order valence-electron chi connectivity index (χ4n) is 1.39. The number of nitrogens with one attached hydrogen (secondary N) is 1. The number of halogens is 1. The minimum absolute atomic E-state index is 0.0430. The SMILES string of the molecule is CC(C)(C)CC(=O)NCc1cccc(Br)c1. The molecule has 0 saturated heterocycles. The summed E-state index contributed by atoms with van der Waals surface area (Å²) >= 11 is 3.41. The van der Waals surface area contributed by atoms with E-state index >= 15 is 0 Å². The van der Waals surface area contributed by atoms with Gasteiger partial charge in [-0.25, -0.2) is 0 Å². The summed E-state index contributed by atoms with van der Waals surface area (Å²) in [5.41, 5.74) is 1.15. The summed E-state index contributed by atoms with van der Waals surface area (Å²) in [5, 5.41) is 2.92. The van der Waals surface area contributed by atoms with Gasteiger partial charge < -0.3 is 5.32 Å². The highest BCUT2D eigenvalue weighted by molar-refractivity contribution is 9.10. The molecule has 1 aromatic rings. The van der Waals surface area contributed by atoms with E-state index in [9.17, 15) is 4.79 Å². The van der Waals surface area contributed by atoms with Gasteiger partial charge in [0.25, 0.3) is 0 Å². The van der Waals surface area contributed by atoms with Gasteiger partial charge in [-0.1, -0.05) is 48.8 Å². The van der Waals surface area contributed by atoms with Crippen LogP contribution in [-0.4, -0.2) is 5.91 Å². The highest BCUT2D eigenvalue weighted by Gasteiger charge is 2.15. The molecule has 0 unspecified atom stereocenters. The zero-order chi connectivity index (χ0) is 12.2. The quantitative estimate of drug-likeness (QED) is 0.904. The van der Waals surface area contributed by atoms with Crippen LogP contribution in [0.15, 0.2) is 28.7 Å². The van der Waals surface area contributed by atoms with Crippen LogP contribution >= 0.6 is 15.9 Å². The molecule has 2 nitrogen and oxygen atoms in total. The van der Waals surface area contributed by atoms with Crippen molar-refractivity contribution in [2.24, 2.45) is 5.41 Å². The van der Waals surface area contributed by atoms with Gasteiger partial charge in [0.05, 0.1) is 0 Å². The molecule has 0 radical (unpaired) electrons. The van der Waals surface area contributed by atoms with E-state index in [1.807, 2.05) is 24.3 Å². The van der Waals surface area contributed by atoms with E-state index in [-0.39, 0.29) is 11.3 Å². The second kappa shape index (κ2) is 5.48. The Hall–Kier alpha value is -0.830. The summed E-state index contributed by atoms with van der Waals surface area (Å²) in [5.74, 6) is 0.104. The lowest BCUT2D eigenvalue weighted by Gasteiger charge is -2.17. The summed E-state index contributed by atoms with van der Waals surface area (Å²) in [6.45, 7) is 6.78. The molecule has 0 saturated carbocycles. The van der Waals surface area contributed by atoms with Gasteiger partial charge in [-0.15, -0.1) is 0 Å². The first-order valence-electron chi connectivity index (χ1n) is 5.38. The molecule has 0 fully saturated rings. The van der Waals surface area contributed by atoms with Gasteiger partial charge >= 0.3 is 0 Å². The Morgan fingerprint density at radius 1 is 1.38 bits per heavy atom. The molecule has 0 aliphatic carbocycles. The molecule has 0 aliphatic rings. The van der Waals surface area contributed by atoms with Crippen molar-refractivity contribution >= 4 is 21.8 Å². The smallest absolute Gasteiger partial charge is 0.220 e. The van der Waals surface area contributed by atoms with Crippen LogP contribution in [0.25, 0.3) is 0 Å². The zero-order valence-electron chi connectivity index (χ0n) is 10.0. The topological polar surface area (TPSA) is 29.1 Å². The number of benzene rings is 1. The summed E-state index contributed by atoms with van der Waals surface area (Å²) in [4.78, 5) is 11.6. The Balaban J connectivity index is 2.43. The molecule has 0 aliphatic heterocycles. The van der Waals surface area contributed by atoms with Crippen molar-refractivity contribution in [3.63, 3.8) is 0 Å². The number of carbonyl (C=O) groups excluding carboxylic acids is 1. The van der Waals surface area contributed by atoms with Gasteiger partial charge in [0.2, 0.25) is 5.91 Å². The Morgan fingerprint density at radius 2 is 2.06 bits per heavy atom. The molecule has 16 heavy (non-hydrogen) atoms. The standard InChI is InChI=1S/C13H18BrNO/c1-13(2,3)8-12(16)15-9-10-5-4-6-11(14)7-10/h4-7H,8-9H2,1-3H3,(H,15,16). The van der Waals surface area contributed by atoms with Crippen molar-refractivity contribution in [2.45, 2.75) is 33.7 Å². The molecular formula is C13H18BrNO. The second-order valence-electron chi connectivity index (χ2n) is 5.14. The second-order valence-corrected chi connectivity index (χ2v) is 6.06. The third-order valence-corrected chi connectivity index (χ3v) is 2.56. The highest BCUT2D eigenvalue weighted by Crippen LogP contribution is 2.18. The minimum Gasteiger partial charge on any atom is -0.352 e. The Morgan fingerprint density at radius 3 is 2.62 bits per heavy atom. The highest BCUT2D eigenvalue weighted by atomic mass is 79.9. The summed E-state index contributed by atoms with van der Waals surface area (Å²) in [6.07, 6.45) is 0.557. The average Bonchev–Trinajstić information content (AvgIpc) is 2.12. The van der Waals surface area contributed by atoms with Gasteiger partial charge in [-0.05, 0) is 23.1 Å². The first-order chi connectivity index (χ1) is 7.37.